The molecule has 0 saturated heterocycles. The van der Waals surface area contributed by atoms with E-state index >= 15 is 0 Å². The first kappa shape index (κ1) is 15.3. The van der Waals surface area contributed by atoms with Crippen LogP contribution in [0.3, 0.4) is 0 Å². The molecule has 0 aromatic heterocycles. The molecule has 1 aliphatic carbocycles. The number of carboxylic acid groups (broad SMARTS) is 1. The number of amides is 2. The molecular formula is C13H21N3O3. The van der Waals surface area contributed by atoms with E-state index in [0.29, 0.717) is 13.0 Å². The average molecular weight is 267 g/mol. The predicted molar refractivity (Wildman–Crippen MR) is 69.4 cm³/mol. The van der Waals surface area contributed by atoms with Crippen LogP contribution in [0.4, 0.5) is 4.79 Å². The third-order valence-electron chi connectivity index (χ3n) is 3.16. The largest absolute Gasteiger partial charge is 0.480 e. The molecule has 1 saturated carbocycles. The van der Waals surface area contributed by atoms with E-state index in [4.69, 9.17) is 10.4 Å². The Kier molecular flexibility index (Phi) is 6.13. The molecule has 6 heteroatoms. The quantitative estimate of drug-likeness (QED) is 0.700. The van der Waals surface area contributed by atoms with Gasteiger partial charge in [0, 0.05) is 12.6 Å². The van der Waals surface area contributed by atoms with E-state index in [-0.39, 0.29) is 18.5 Å². The molecule has 2 N–H and O–H groups in total. The summed E-state index contributed by atoms with van der Waals surface area (Å²) in [6.07, 6.45) is 4.24. The van der Waals surface area contributed by atoms with Crippen LogP contribution in [0.5, 0.6) is 0 Å². The molecule has 0 aliphatic heterocycles. The number of hydrogen-bond donors (Lipinski definition) is 2. The topological polar surface area (TPSA) is 93.4 Å². The highest BCUT2D eigenvalue weighted by atomic mass is 16.4. The van der Waals surface area contributed by atoms with E-state index < -0.39 is 12.0 Å². The lowest BCUT2D eigenvalue weighted by Gasteiger charge is -2.24. The predicted octanol–water partition coefficient (Wildman–Crippen LogP) is 1.72. The Hall–Kier alpha value is -1.77. The van der Waals surface area contributed by atoms with E-state index in [1.54, 1.807) is 4.90 Å². The number of carbonyl (C=O) groups excluding carboxylic acids is 1. The molecule has 0 heterocycles. The smallest absolute Gasteiger partial charge is 0.326 e. The highest BCUT2D eigenvalue weighted by molar-refractivity contribution is 5.82. The van der Waals surface area contributed by atoms with Gasteiger partial charge in [0.05, 0.1) is 12.5 Å². The second-order valence-electron chi connectivity index (χ2n) is 4.82. The monoisotopic (exact) mass is 267 g/mol. The molecule has 2 amide bonds. The van der Waals surface area contributed by atoms with Crippen molar-refractivity contribution in [2.45, 2.75) is 57.5 Å². The lowest BCUT2D eigenvalue weighted by Crippen LogP contribution is -2.49. The Labute approximate surface area is 113 Å². The van der Waals surface area contributed by atoms with Crippen LogP contribution in [0.25, 0.3) is 0 Å². The van der Waals surface area contributed by atoms with Gasteiger partial charge >= 0.3 is 12.0 Å². The number of urea groups is 1. The van der Waals surface area contributed by atoms with Crippen molar-refractivity contribution in [1.82, 2.24) is 10.2 Å². The van der Waals surface area contributed by atoms with Gasteiger partial charge in [-0.1, -0.05) is 19.8 Å². The fourth-order valence-electron chi connectivity index (χ4n) is 1.90. The van der Waals surface area contributed by atoms with Crippen LogP contribution >= 0.6 is 0 Å². The number of rotatable bonds is 8. The first-order chi connectivity index (χ1) is 9.10. The maximum absolute atomic E-state index is 12.1. The Morgan fingerprint density at radius 2 is 2.21 bits per heavy atom. The summed E-state index contributed by atoms with van der Waals surface area (Å²) in [5.74, 6) is -1.00. The lowest BCUT2D eigenvalue weighted by molar-refractivity contribution is -0.139. The van der Waals surface area contributed by atoms with Crippen molar-refractivity contribution in [3.63, 3.8) is 0 Å². The number of nitrogens with zero attached hydrogens (tertiary/aromatic N) is 2. The summed E-state index contributed by atoms with van der Waals surface area (Å²) in [4.78, 5) is 24.7. The molecule has 0 bridgehead atoms. The number of carbonyl (C=O) groups is 2. The summed E-state index contributed by atoms with van der Waals surface area (Å²) < 4.78 is 0. The van der Waals surface area contributed by atoms with Crippen LogP contribution in [0.15, 0.2) is 0 Å². The minimum atomic E-state index is -1.00. The zero-order chi connectivity index (χ0) is 14.3. The molecule has 0 aromatic carbocycles. The number of aliphatic carboxylic acids is 1. The van der Waals surface area contributed by atoms with Crippen molar-refractivity contribution in [1.29, 1.82) is 5.26 Å². The van der Waals surface area contributed by atoms with E-state index in [1.165, 1.54) is 0 Å². The summed E-state index contributed by atoms with van der Waals surface area (Å²) in [5.41, 5.74) is 0. The van der Waals surface area contributed by atoms with Gasteiger partial charge in [-0.3, -0.25) is 0 Å². The fraction of sp³-hybridized carbons (Fsp3) is 0.769. The van der Waals surface area contributed by atoms with Gasteiger partial charge in [-0.25, -0.2) is 9.59 Å². The van der Waals surface area contributed by atoms with Gasteiger partial charge < -0.3 is 15.3 Å². The van der Waals surface area contributed by atoms with Gasteiger partial charge in [-0.15, -0.1) is 0 Å². The third-order valence-corrected chi connectivity index (χ3v) is 3.16. The maximum atomic E-state index is 12.1. The number of hydrogen-bond acceptors (Lipinski definition) is 3. The number of nitrogens with one attached hydrogen (secondary N) is 1. The normalized spacial score (nSPS) is 15.4. The third kappa shape index (κ3) is 5.16. The molecule has 0 aromatic rings. The molecule has 106 valence electrons. The van der Waals surface area contributed by atoms with E-state index in [0.717, 1.165) is 25.7 Å². The van der Waals surface area contributed by atoms with Crippen molar-refractivity contribution in [2.24, 2.45) is 0 Å². The molecule has 6 nitrogen and oxygen atoms in total. The van der Waals surface area contributed by atoms with E-state index in [1.807, 2.05) is 13.0 Å². The molecule has 19 heavy (non-hydrogen) atoms. The molecular weight excluding hydrogens is 246 g/mol. The van der Waals surface area contributed by atoms with E-state index in [9.17, 15) is 9.59 Å². The Bertz CT molecular complexity index is 361. The second-order valence-corrected chi connectivity index (χ2v) is 4.82. The Morgan fingerprint density at radius 1 is 1.53 bits per heavy atom. The summed E-state index contributed by atoms with van der Waals surface area (Å²) in [6.45, 7) is 2.34. The van der Waals surface area contributed by atoms with Crippen LogP contribution < -0.4 is 5.32 Å². The minimum Gasteiger partial charge on any atom is -0.480 e. The van der Waals surface area contributed by atoms with Crippen molar-refractivity contribution < 1.29 is 14.7 Å². The second kappa shape index (κ2) is 7.62. The Morgan fingerprint density at radius 3 is 2.68 bits per heavy atom. The highest BCUT2D eigenvalue weighted by Crippen LogP contribution is 2.27. The molecule has 1 aliphatic rings. The number of nitriles is 1. The molecule has 0 unspecified atom stereocenters. The summed E-state index contributed by atoms with van der Waals surface area (Å²) in [6, 6.07) is 0.986. The number of carboxylic acids is 1. The molecule has 1 fully saturated rings. The Balaban J connectivity index is 2.52. The van der Waals surface area contributed by atoms with Crippen LogP contribution in [0, 0.1) is 11.3 Å². The van der Waals surface area contributed by atoms with Gasteiger partial charge in [-0.2, -0.15) is 5.26 Å². The first-order valence-electron chi connectivity index (χ1n) is 6.77. The maximum Gasteiger partial charge on any atom is 0.326 e. The highest BCUT2D eigenvalue weighted by Gasteiger charge is 2.33. The van der Waals surface area contributed by atoms with Gasteiger partial charge in [0.2, 0.25) is 0 Å². The molecule has 1 rings (SSSR count). The standard InChI is InChI=1S/C13H21N3O3/c1-2-3-5-11(12(17)18)15-13(19)16(9-4-8-14)10-6-7-10/h10-11H,2-7,9H2,1H3,(H,15,19)(H,17,18)/t11-/m0/s1. The SMILES string of the molecule is CCCC[C@H](NC(=O)N(CCC#N)C1CC1)C(=O)O. The van der Waals surface area contributed by atoms with Crippen LogP contribution in [-0.2, 0) is 4.79 Å². The van der Waals surface area contributed by atoms with Crippen molar-refractivity contribution in [3.8, 4) is 6.07 Å². The van der Waals surface area contributed by atoms with E-state index in [2.05, 4.69) is 5.32 Å². The van der Waals surface area contributed by atoms with Crippen molar-refractivity contribution in [2.75, 3.05) is 6.54 Å². The summed E-state index contributed by atoms with van der Waals surface area (Å²) in [5, 5.41) is 20.2. The zero-order valence-corrected chi connectivity index (χ0v) is 11.3. The van der Waals surface area contributed by atoms with Crippen molar-refractivity contribution in [3.05, 3.63) is 0 Å². The van der Waals surface area contributed by atoms with Gasteiger partial charge in [-0.05, 0) is 19.3 Å². The van der Waals surface area contributed by atoms with Gasteiger partial charge in [0.25, 0.3) is 0 Å². The van der Waals surface area contributed by atoms with Crippen molar-refractivity contribution >= 4 is 12.0 Å². The van der Waals surface area contributed by atoms with Crippen LogP contribution in [0.1, 0.15) is 45.4 Å². The minimum absolute atomic E-state index is 0.175. The zero-order valence-electron chi connectivity index (χ0n) is 11.3. The molecule has 0 spiro atoms. The van der Waals surface area contributed by atoms with Gasteiger partial charge in [0.1, 0.15) is 6.04 Å². The molecule has 0 radical (unpaired) electrons. The average Bonchev–Trinajstić information content (AvgIpc) is 3.19. The fourth-order valence-corrected chi connectivity index (χ4v) is 1.90. The lowest BCUT2D eigenvalue weighted by atomic mass is 10.1. The summed E-state index contributed by atoms with van der Waals surface area (Å²) >= 11 is 0. The molecule has 1 atom stereocenters. The first-order valence-corrected chi connectivity index (χ1v) is 6.77. The number of unbranched alkanes of at least 4 members (excludes halogenated alkanes) is 1. The van der Waals surface area contributed by atoms with Gasteiger partial charge in [0.15, 0.2) is 0 Å². The van der Waals surface area contributed by atoms with Crippen LogP contribution in [0.2, 0.25) is 0 Å². The summed E-state index contributed by atoms with van der Waals surface area (Å²) in [7, 11) is 0. The van der Waals surface area contributed by atoms with Crippen LogP contribution in [-0.4, -0.2) is 40.6 Å².